The molecule has 0 amide bonds. The summed E-state index contributed by atoms with van der Waals surface area (Å²) in [6, 6.07) is 0. The molecule has 7 heteroatoms. The molecule has 0 aromatic carbocycles. The van der Waals surface area contributed by atoms with E-state index in [2.05, 4.69) is 25.3 Å². The van der Waals surface area contributed by atoms with Crippen molar-refractivity contribution in [1.29, 1.82) is 0 Å². The van der Waals surface area contributed by atoms with Gasteiger partial charge in [-0.25, -0.2) is 9.78 Å². The van der Waals surface area contributed by atoms with Gasteiger partial charge in [0.05, 0.1) is 0 Å². The summed E-state index contributed by atoms with van der Waals surface area (Å²) >= 11 is 0. The van der Waals surface area contributed by atoms with Crippen LogP contribution >= 0.6 is 0 Å². The number of hydrogen-bond donors (Lipinski definition) is 4. The van der Waals surface area contributed by atoms with E-state index in [1.165, 1.54) is 0 Å². The Morgan fingerprint density at radius 2 is 1.89 bits per heavy atom. The molecule has 1 fully saturated rings. The summed E-state index contributed by atoms with van der Waals surface area (Å²) < 4.78 is 0. The minimum atomic E-state index is -0.521. The van der Waals surface area contributed by atoms with E-state index in [0.29, 0.717) is 17.1 Å². The number of nitrogens with one attached hydrogen (secondary N) is 4. The highest BCUT2D eigenvalue weighted by atomic mass is 16.2. The topological polar surface area (TPSA) is 106 Å². The van der Waals surface area contributed by atoms with E-state index in [4.69, 9.17) is 0 Å². The fourth-order valence-corrected chi connectivity index (χ4v) is 2.44. The van der Waals surface area contributed by atoms with Crippen LogP contribution < -0.4 is 16.6 Å². The van der Waals surface area contributed by atoms with Gasteiger partial charge in [-0.1, -0.05) is 0 Å². The van der Waals surface area contributed by atoms with Gasteiger partial charge < -0.3 is 10.3 Å². The van der Waals surface area contributed by atoms with Crippen LogP contribution in [0.4, 0.5) is 0 Å². The molecule has 1 aliphatic heterocycles. The largest absolute Gasteiger partial charge is 0.336 e. The highest BCUT2D eigenvalue weighted by Gasteiger charge is 2.16. The number of hydrogen-bond acceptors (Lipinski definition) is 4. The SMILES string of the molecule is O=c1[nH]c(=O)c2[nH]c(CC3CCNCC3)nc2[nH]1. The molecule has 2 aromatic rings. The first kappa shape index (κ1) is 11.2. The molecule has 0 radical (unpaired) electrons. The quantitative estimate of drug-likeness (QED) is 0.574. The van der Waals surface area contributed by atoms with E-state index >= 15 is 0 Å². The zero-order valence-electron chi connectivity index (χ0n) is 9.88. The van der Waals surface area contributed by atoms with Crippen molar-refractivity contribution in [1.82, 2.24) is 25.3 Å². The summed E-state index contributed by atoms with van der Waals surface area (Å²) in [6.07, 6.45) is 3.05. The average Bonchev–Trinajstić information content (AvgIpc) is 2.73. The van der Waals surface area contributed by atoms with Crippen molar-refractivity contribution in [2.24, 2.45) is 5.92 Å². The summed E-state index contributed by atoms with van der Waals surface area (Å²) in [5.41, 5.74) is -0.253. The lowest BCUT2D eigenvalue weighted by Gasteiger charge is -2.21. The fourth-order valence-electron chi connectivity index (χ4n) is 2.44. The summed E-state index contributed by atoms with van der Waals surface area (Å²) in [5.74, 6) is 1.35. The number of aromatic nitrogens is 4. The van der Waals surface area contributed by atoms with Crippen molar-refractivity contribution in [2.75, 3.05) is 13.1 Å². The van der Waals surface area contributed by atoms with Crippen molar-refractivity contribution in [3.05, 3.63) is 26.7 Å². The predicted octanol–water partition coefficient (Wildman–Crippen LogP) is -0.518. The summed E-state index contributed by atoms with van der Waals surface area (Å²) in [7, 11) is 0. The molecule has 1 aliphatic rings. The molecule has 0 bridgehead atoms. The molecule has 0 spiro atoms. The molecule has 2 aromatic heterocycles. The van der Waals surface area contributed by atoms with Crippen molar-refractivity contribution in [3.63, 3.8) is 0 Å². The van der Waals surface area contributed by atoms with Gasteiger partial charge in [0.2, 0.25) is 0 Å². The molecular weight excluding hydrogens is 234 g/mol. The molecule has 1 saturated heterocycles. The molecule has 0 aliphatic carbocycles. The predicted molar refractivity (Wildman–Crippen MR) is 66.6 cm³/mol. The number of fused-ring (bicyclic) bond motifs is 1. The van der Waals surface area contributed by atoms with Gasteiger partial charge in [-0.2, -0.15) is 0 Å². The third-order valence-electron chi connectivity index (χ3n) is 3.38. The normalized spacial score (nSPS) is 17.3. The standard InChI is InChI=1S/C11H15N5O2/c17-10-8-9(15-11(18)16-10)14-7(13-8)5-6-1-3-12-4-2-6/h6,12H,1-5H2,(H3,13,14,15,16,17,18). The second-order valence-corrected chi connectivity index (χ2v) is 4.71. The molecule has 0 saturated carbocycles. The zero-order valence-corrected chi connectivity index (χ0v) is 9.88. The van der Waals surface area contributed by atoms with Crippen LogP contribution in [0, 0.1) is 5.92 Å². The minimum absolute atomic E-state index is 0.340. The second-order valence-electron chi connectivity index (χ2n) is 4.71. The van der Waals surface area contributed by atoms with Crippen LogP contribution in [0.1, 0.15) is 18.7 Å². The smallest absolute Gasteiger partial charge is 0.327 e. The number of piperidine rings is 1. The summed E-state index contributed by atoms with van der Waals surface area (Å²) in [5, 5.41) is 3.31. The zero-order chi connectivity index (χ0) is 12.5. The van der Waals surface area contributed by atoms with Crippen LogP contribution in [0.5, 0.6) is 0 Å². The Hall–Kier alpha value is -1.89. The van der Waals surface area contributed by atoms with Gasteiger partial charge >= 0.3 is 5.69 Å². The van der Waals surface area contributed by atoms with Gasteiger partial charge in [-0.05, 0) is 31.8 Å². The lowest BCUT2D eigenvalue weighted by atomic mass is 9.94. The second kappa shape index (κ2) is 4.41. The number of H-pyrrole nitrogens is 3. The number of nitrogens with zero attached hydrogens (tertiary/aromatic N) is 1. The molecule has 3 rings (SSSR count). The molecule has 0 atom stereocenters. The molecule has 3 heterocycles. The average molecular weight is 249 g/mol. The van der Waals surface area contributed by atoms with E-state index in [0.717, 1.165) is 38.2 Å². The first-order valence-corrected chi connectivity index (χ1v) is 6.14. The van der Waals surface area contributed by atoms with Crippen LogP contribution in [-0.2, 0) is 6.42 Å². The van der Waals surface area contributed by atoms with E-state index in [-0.39, 0.29) is 0 Å². The molecule has 4 N–H and O–H groups in total. The Kier molecular flexibility index (Phi) is 2.75. The van der Waals surface area contributed by atoms with Gasteiger partial charge in [0, 0.05) is 6.42 Å². The molecule has 18 heavy (non-hydrogen) atoms. The first-order chi connectivity index (χ1) is 8.72. The van der Waals surface area contributed by atoms with Gasteiger partial charge in [0.25, 0.3) is 5.56 Å². The summed E-state index contributed by atoms with van der Waals surface area (Å²) in [6.45, 7) is 2.06. The maximum atomic E-state index is 11.5. The third kappa shape index (κ3) is 2.08. The van der Waals surface area contributed by atoms with E-state index in [1.54, 1.807) is 0 Å². The van der Waals surface area contributed by atoms with Gasteiger partial charge in [0.15, 0.2) is 5.65 Å². The Morgan fingerprint density at radius 1 is 1.11 bits per heavy atom. The van der Waals surface area contributed by atoms with Crippen molar-refractivity contribution < 1.29 is 0 Å². The van der Waals surface area contributed by atoms with Crippen molar-refractivity contribution in [3.8, 4) is 0 Å². The minimum Gasteiger partial charge on any atom is -0.336 e. The fraction of sp³-hybridized carbons (Fsp3) is 0.545. The lowest BCUT2D eigenvalue weighted by Crippen LogP contribution is -2.28. The van der Waals surface area contributed by atoms with Crippen molar-refractivity contribution in [2.45, 2.75) is 19.3 Å². The van der Waals surface area contributed by atoms with Crippen LogP contribution in [0.15, 0.2) is 9.59 Å². The Morgan fingerprint density at radius 3 is 2.67 bits per heavy atom. The van der Waals surface area contributed by atoms with Crippen LogP contribution in [0.2, 0.25) is 0 Å². The van der Waals surface area contributed by atoms with Crippen LogP contribution in [0.3, 0.4) is 0 Å². The highest BCUT2D eigenvalue weighted by molar-refractivity contribution is 5.68. The van der Waals surface area contributed by atoms with Crippen LogP contribution in [0.25, 0.3) is 11.2 Å². The monoisotopic (exact) mass is 249 g/mol. The first-order valence-electron chi connectivity index (χ1n) is 6.14. The number of aromatic amines is 3. The lowest BCUT2D eigenvalue weighted by molar-refractivity contribution is 0.368. The van der Waals surface area contributed by atoms with E-state index in [1.807, 2.05) is 0 Å². The number of imidazole rings is 1. The van der Waals surface area contributed by atoms with E-state index < -0.39 is 11.2 Å². The Labute approximate surface area is 102 Å². The third-order valence-corrected chi connectivity index (χ3v) is 3.38. The summed E-state index contributed by atoms with van der Waals surface area (Å²) in [4.78, 5) is 34.7. The molecule has 7 nitrogen and oxygen atoms in total. The molecule has 0 unspecified atom stereocenters. The van der Waals surface area contributed by atoms with Crippen molar-refractivity contribution >= 4 is 11.2 Å². The van der Waals surface area contributed by atoms with Crippen LogP contribution in [-0.4, -0.2) is 33.0 Å². The molecule has 96 valence electrons. The highest BCUT2D eigenvalue weighted by Crippen LogP contribution is 2.16. The molecular formula is C11H15N5O2. The number of rotatable bonds is 2. The maximum Gasteiger partial charge on any atom is 0.327 e. The Bertz CT molecular complexity index is 662. The van der Waals surface area contributed by atoms with Gasteiger partial charge in [-0.15, -0.1) is 0 Å². The van der Waals surface area contributed by atoms with Gasteiger partial charge in [-0.3, -0.25) is 14.8 Å². The van der Waals surface area contributed by atoms with Gasteiger partial charge in [0.1, 0.15) is 11.3 Å². The maximum absolute atomic E-state index is 11.5. The van der Waals surface area contributed by atoms with E-state index in [9.17, 15) is 9.59 Å². The Balaban J connectivity index is 1.91.